The summed E-state index contributed by atoms with van der Waals surface area (Å²) < 4.78 is 3.87. The Kier molecular flexibility index (Phi) is 4.04. The Morgan fingerprint density at radius 3 is 2.50 bits per heavy atom. The standard InChI is InChI=1S/C10H12.C4H9O2.ClH.Sn/c1-10(2,3)9-7-5-4-6-8-9;1-2-3-4(5)6;;/h4-5,7H,1-3H3;4-6H,1-3H2;1H;/q;;;+1/p-1. The van der Waals surface area contributed by atoms with E-state index in [2.05, 4.69) is 39.0 Å². The molecule has 1 aromatic carbocycles. The summed E-state index contributed by atoms with van der Waals surface area (Å²) in [4.78, 5) is 0. The monoisotopic (exact) mass is 376 g/mol. The molecule has 2 rings (SSSR count). The summed E-state index contributed by atoms with van der Waals surface area (Å²) >= 11 is -2.71. The van der Waals surface area contributed by atoms with Crippen molar-refractivity contribution in [1.29, 1.82) is 0 Å². The van der Waals surface area contributed by atoms with Crippen LogP contribution in [0.2, 0.25) is 4.44 Å². The van der Waals surface area contributed by atoms with Gasteiger partial charge in [0.15, 0.2) is 0 Å². The van der Waals surface area contributed by atoms with Crippen molar-refractivity contribution in [3.63, 3.8) is 0 Å². The van der Waals surface area contributed by atoms with Crippen molar-refractivity contribution in [2.45, 2.75) is 49.8 Å². The molecule has 4 heteroatoms. The zero-order valence-electron chi connectivity index (χ0n) is 11.2. The summed E-state index contributed by atoms with van der Waals surface area (Å²) in [6.07, 6.45) is 0.0558. The Bertz CT molecular complexity index is 454. The minimum atomic E-state index is -2.71. The molecule has 0 saturated carbocycles. The molecule has 0 amide bonds. The van der Waals surface area contributed by atoms with Crippen molar-refractivity contribution in [3.05, 3.63) is 23.8 Å². The van der Waals surface area contributed by atoms with Crippen LogP contribution >= 0.6 is 8.92 Å². The normalized spacial score (nSPS) is 22.2. The fourth-order valence-electron chi connectivity index (χ4n) is 2.63. The fourth-order valence-corrected chi connectivity index (χ4v) is 19.5. The molecule has 1 unspecified atom stereocenters. The van der Waals surface area contributed by atoms with Crippen LogP contribution in [0.15, 0.2) is 18.2 Å². The van der Waals surface area contributed by atoms with Gasteiger partial charge in [-0.25, -0.2) is 0 Å². The van der Waals surface area contributed by atoms with Gasteiger partial charge >= 0.3 is 117 Å². The van der Waals surface area contributed by atoms with Gasteiger partial charge in [-0.3, -0.25) is 0 Å². The van der Waals surface area contributed by atoms with Crippen LogP contribution in [0.5, 0.6) is 0 Å². The number of halogens is 1. The Morgan fingerprint density at radius 1 is 1.28 bits per heavy atom. The van der Waals surface area contributed by atoms with E-state index in [0.29, 0.717) is 6.42 Å². The molecule has 0 saturated heterocycles. The topological polar surface area (TPSA) is 40.5 Å². The predicted molar refractivity (Wildman–Crippen MR) is 78.3 cm³/mol. The van der Waals surface area contributed by atoms with Crippen LogP contribution in [0.25, 0.3) is 0 Å². The summed E-state index contributed by atoms with van der Waals surface area (Å²) in [6.45, 7) is 6.67. The quantitative estimate of drug-likeness (QED) is 0.621. The van der Waals surface area contributed by atoms with E-state index in [4.69, 9.17) is 19.1 Å². The summed E-state index contributed by atoms with van der Waals surface area (Å²) in [5, 5.41) is 17.8. The van der Waals surface area contributed by atoms with Gasteiger partial charge in [-0.1, -0.05) is 0 Å². The maximum absolute atomic E-state index is 8.91. The van der Waals surface area contributed by atoms with Gasteiger partial charge in [-0.05, 0) is 0 Å². The second kappa shape index (κ2) is 4.97. The molecule has 1 aliphatic rings. The summed E-state index contributed by atoms with van der Waals surface area (Å²) in [7, 11) is 6.88. The molecular weight excluding hydrogens is 354 g/mol. The third-order valence-electron chi connectivity index (χ3n) is 3.62. The molecule has 1 aliphatic heterocycles. The second-order valence-corrected chi connectivity index (χ2v) is 19.4. The zero-order chi connectivity index (χ0) is 13.6. The Labute approximate surface area is 117 Å². The number of rotatable bonds is 4. The van der Waals surface area contributed by atoms with E-state index in [1.165, 1.54) is 12.7 Å². The van der Waals surface area contributed by atoms with Gasteiger partial charge in [0, 0.05) is 0 Å². The first-order valence-corrected chi connectivity index (χ1v) is 14.9. The third-order valence-corrected chi connectivity index (χ3v) is 17.2. The van der Waals surface area contributed by atoms with Crippen LogP contribution in [-0.2, 0) is 5.41 Å². The Hall–Kier alpha value is 0.229. The molecule has 1 aromatic rings. The zero-order valence-corrected chi connectivity index (χ0v) is 14.8. The number of hydrogen-bond donors (Lipinski definition) is 2. The number of aliphatic hydroxyl groups is 2. The van der Waals surface area contributed by atoms with E-state index in [1.807, 2.05) is 0 Å². The Morgan fingerprint density at radius 2 is 1.94 bits per heavy atom. The fraction of sp³-hybridized carbons (Fsp3) is 0.571. The number of aliphatic hydroxyl groups excluding tert-OH is 1. The predicted octanol–water partition coefficient (Wildman–Crippen LogP) is 1.69. The van der Waals surface area contributed by atoms with Gasteiger partial charge in [0.25, 0.3) is 0 Å². The van der Waals surface area contributed by atoms with Gasteiger partial charge in [0.2, 0.25) is 0 Å². The molecule has 18 heavy (non-hydrogen) atoms. The molecule has 0 bridgehead atoms. The van der Waals surface area contributed by atoms with Gasteiger partial charge < -0.3 is 0 Å². The van der Waals surface area contributed by atoms with Crippen molar-refractivity contribution < 1.29 is 10.2 Å². The summed E-state index contributed by atoms with van der Waals surface area (Å²) in [6, 6.07) is 6.48. The molecule has 0 spiro atoms. The van der Waals surface area contributed by atoms with Gasteiger partial charge in [0.05, 0.1) is 0 Å². The molecule has 0 aromatic heterocycles. The van der Waals surface area contributed by atoms with E-state index >= 15 is 0 Å². The number of fused-ring (bicyclic) bond motifs is 1. The molecule has 0 aliphatic carbocycles. The first-order chi connectivity index (χ1) is 8.27. The molecule has 0 fully saturated rings. The molecular formula is C14H21ClO2Sn. The van der Waals surface area contributed by atoms with Crippen LogP contribution in [0, 0.1) is 0 Å². The number of benzene rings is 1. The average molecular weight is 375 g/mol. The van der Waals surface area contributed by atoms with Crippen molar-refractivity contribution in [2.24, 2.45) is 0 Å². The Balaban J connectivity index is 2.14. The van der Waals surface area contributed by atoms with Crippen LogP contribution in [0.3, 0.4) is 0 Å². The molecule has 2 nitrogen and oxygen atoms in total. The van der Waals surface area contributed by atoms with E-state index in [9.17, 15) is 0 Å². The van der Waals surface area contributed by atoms with E-state index in [0.717, 1.165) is 10.9 Å². The van der Waals surface area contributed by atoms with Crippen molar-refractivity contribution >= 4 is 33.3 Å². The van der Waals surface area contributed by atoms with Crippen LogP contribution in [0.4, 0.5) is 0 Å². The van der Waals surface area contributed by atoms with Crippen molar-refractivity contribution in [2.75, 3.05) is 0 Å². The number of hydrogen-bond acceptors (Lipinski definition) is 2. The van der Waals surface area contributed by atoms with E-state index < -0.39 is 23.5 Å². The molecule has 1 atom stereocenters. The molecule has 2 N–H and O–H groups in total. The first kappa shape index (κ1) is 14.6. The van der Waals surface area contributed by atoms with Crippen LogP contribution in [0.1, 0.15) is 39.2 Å². The van der Waals surface area contributed by atoms with Crippen molar-refractivity contribution in [3.8, 4) is 0 Å². The van der Waals surface area contributed by atoms with Crippen LogP contribution < -0.4 is 7.16 Å². The van der Waals surface area contributed by atoms with Gasteiger partial charge in [-0.2, -0.15) is 0 Å². The van der Waals surface area contributed by atoms with Gasteiger partial charge in [-0.15, -0.1) is 0 Å². The second-order valence-electron chi connectivity index (χ2n) is 6.15. The van der Waals surface area contributed by atoms with Gasteiger partial charge in [0.1, 0.15) is 0 Å². The van der Waals surface area contributed by atoms with Crippen LogP contribution in [-0.4, -0.2) is 33.8 Å². The summed E-state index contributed by atoms with van der Waals surface area (Å²) in [5.41, 5.74) is 1.55. The van der Waals surface area contributed by atoms with E-state index in [-0.39, 0.29) is 5.41 Å². The SMILES string of the molecule is CC(C)(C)c1ccc[c]2[c]1[Sn]2([Cl])[CH2]CCC(O)O. The maximum atomic E-state index is 8.91. The summed E-state index contributed by atoms with van der Waals surface area (Å²) in [5.74, 6) is 0. The van der Waals surface area contributed by atoms with E-state index in [1.54, 1.807) is 0 Å². The minimum absolute atomic E-state index is 0.148. The van der Waals surface area contributed by atoms with Crippen molar-refractivity contribution in [1.82, 2.24) is 0 Å². The average Bonchev–Trinajstić information content (AvgIpc) is 2.83. The third kappa shape index (κ3) is 2.72. The molecule has 1 heterocycles. The molecule has 100 valence electrons. The first-order valence-electron chi connectivity index (χ1n) is 6.46. The molecule has 0 radical (unpaired) electrons.